The van der Waals surface area contributed by atoms with Gasteiger partial charge in [0.1, 0.15) is 5.75 Å². The van der Waals surface area contributed by atoms with Crippen LogP contribution in [0.3, 0.4) is 0 Å². The summed E-state index contributed by atoms with van der Waals surface area (Å²) in [5, 5.41) is 5.94. The monoisotopic (exact) mass is 415 g/mol. The highest BCUT2D eigenvalue weighted by molar-refractivity contribution is 6.07. The van der Waals surface area contributed by atoms with Crippen molar-refractivity contribution in [2.45, 2.75) is 13.3 Å². The SMILES string of the molecule is CCOc1ccccc1NC(=O)CNc1ccc(C(=O)N2CCc3ccccc32)cc1. The van der Waals surface area contributed by atoms with E-state index in [1.807, 2.05) is 60.4 Å². The molecule has 2 amide bonds. The molecule has 0 fully saturated rings. The zero-order valence-corrected chi connectivity index (χ0v) is 17.4. The van der Waals surface area contributed by atoms with Crippen molar-refractivity contribution in [3.8, 4) is 5.75 Å². The molecule has 158 valence electrons. The molecule has 0 unspecified atom stereocenters. The molecule has 0 aromatic heterocycles. The van der Waals surface area contributed by atoms with Crippen LogP contribution in [0, 0.1) is 0 Å². The number of nitrogens with zero attached hydrogens (tertiary/aromatic N) is 1. The van der Waals surface area contributed by atoms with Crippen LogP contribution >= 0.6 is 0 Å². The highest BCUT2D eigenvalue weighted by Crippen LogP contribution is 2.29. The lowest BCUT2D eigenvalue weighted by atomic mass is 10.1. The Kier molecular flexibility index (Phi) is 6.17. The molecule has 3 aromatic carbocycles. The number of carbonyl (C=O) groups excluding carboxylic acids is 2. The van der Waals surface area contributed by atoms with Crippen LogP contribution in [0.15, 0.2) is 72.8 Å². The second kappa shape index (κ2) is 9.34. The lowest BCUT2D eigenvalue weighted by molar-refractivity contribution is -0.114. The normalized spacial score (nSPS) is 12.2. The van der Waals surface area contributed by atoms with Crippen molar-refractivity contribution in [3.05, 3.63) is 83.9 Å². The topological polar surface area (TPSA) is 70.7 Å². The van der Waals surface area contributed by atoms with Crippen LogP contribution in [-0.4, -0.2) is 31.5 Å². The van der Waals surface area contributed by atoms with Crippen LogP contribution in [0.1, 0.15) is 22.8 Å². The average molecular weight is 415 g/mol. The van der Waals surface area contributed by atoms with E-state index in [9.17, 15) is 9.59 Å². The van der Waals surface area contributed by atoms with Gasteiger partial charge in [-0.15, -0.1) is 0 Å². The molecule has 0 atom stereocenters. The van der Waals surface area contributed by atoms with E-state index < -0.39 is 0 Å². The molecule has 0 radical (unpaired) electrons. The zero-order valence-electron chi connectivity index (χ0n) is 17.4. The Balaban J connectivity index is 1.34. The van der Waals surface area contributed by atoms with Gasteiger partial charge >= 0.3 is 0 Å². The first-order chi connectivity index (χ1) is 15.2. The van der Waals surface area contributed by atoms with Gasteiger partial charge in [0.05, 0.1) is 18.8 Å². The van der Waals surface area contributed by atoms with Gasteiger partial charge in [0.15, 0.2) is 0 Å². The van der Waals surface area contributed by atoms with Crippen molar-refractivity contribution < 1.29 is 14.3 Å². The predicted molar refractivity (Wildman–Crippen MR) is 123 cm³/mol. The standard InChI is InChI=1S/C25H25N3O3/c1-2-31-23-10-6-4-8-21(23)27-24(29)17-26-20-13-11-19(12-14-20)25(30)28-16-15-18-7-3-5-9-22(18)28/h3-14,26H,2,15-17H2,1H3,(H,27,29). The predicted octanol–water partition coefficient (Wildman–Crippen LogP) is 4.34. The van der Waals surface area contributed by atoms with Gasteiger partial charge < -0.3 is 20.3 Å². The molecule has 4 rings (SSSR count). The molecule has 3 aromatic rings. The van der Waals surface area contributed by atoms with E-state index in [0.29, 0.717) is 30.2 Å². The Hall–Kier alpha value is -3.80. The first-order valence-corrected chi connectivity index (χ1v) is 10.4. The summed E-state index contributed by atoms with van der Waals surface area (Å²) in [6.45, 7) is 3.23. The van der Waals surface area contributed by atoms with Crippen LogP contribution in [0.2, 0.25) is 0 Å². The Morgan fingerprint density at radius 3 is 2.52 bits per heavy atom. The number of benzene rings is 3. The fourth-order valence-corrected chi connectivity index (χ4v) is 3.66. The molecular weight excluding hydrogens is 390 g/mol. The number of hydrogen-bond donors (Lipinski definition) is 2. The summed E-state index contributed by atoms with van der Waals surface area (Å²) < 4.78 is 5.53. The summed E-state index contributed by atoms with van der Waals surface area (Å²) in [6.07, 6.45) is 0.878. The second-order valence-corrected chi connectivity index (χ2v) is 7.24. The fraction of sp³-hybridized carbons (Fsp3) is 0.200. The van der Waals surface area contributed by atoms with Crippen molar-refractivity contribution in [2.75, 3.05) is 35.2 Å². The summed E-state index contributed by atoms with van der Waals surface area (Å²) in [5.41, 5.74) is 4.22. The van der Waals surface area contributed by atoms with Crippen LogP contribution < -0.4 is 20.3 Å². The van der Waals surface area contributed by atoms with Crippen LogP contribution in [0.5, 0.6) is 5.75 Å². The molecule has 2 N–H and O–H groups in total. The van der Waals surface area contributed by atoms with Gasteiger partial charge in [-0.1, -0.05) is 30.3 Å². The zero-order chi connectivity index (χ0) is 21.6. The minimum Gasteiger partial charge on any atom is -0.492 e. The van der Waals surface area contributed by atoms with Crippen molar-refractivity contribution in [1.82, 2.24) is 0 Å². The second-order valence-electron chi connectivity index (χ2n) is 7.24. The van der Waals surface area contributed by atoms with E-state index in [-0.39, 0.29) is 18.4 Å². The maximum absolute atomic E-state index is 12.9. The van der Waals surface area contributed by atoms with E-state index in [1.54, 1.807) is 18.2 Å². The summed E-state index contributed by atoms with van der Waals surface area (Å²) in [5.74, 6) is 0.451. The highest BCUT2D eigenvalue weighted by atomic mass is 16.5. The molecule has 6 nitrogen and oxygen atoms in total. The molecule has 0 saturated heterocycles. The lowest BCUT2D eigenvalue weighted by Crippen LogP contribution is -2.28. The number of hydrogen-bond acceptors (Lipinski definition) is 4. The fourth-order valence-electron chi connectivity index (χ4n) is 3.66. The van der Waals surface area contributed by atoms with Crippen LogP contribution in [0.4, 0.5) is 17.1 Å². The summed E-state index contributed by atoms with van der Waals surface area (Å²) in [7, 11) is 0. The van der Waals surface area contributed by atoms with Gasteiger partial charge in [0.25, 0.3) is 5.91 Å². The molecule has 0 spiro atoms. The van der Waals surface area contributed by atoms with Gasteiger partial charge in [-0.05, 0) is 61.4 Å². The molecule has 6 heteroatoms. The summed E-state index contributed by atoms with van der Waals surface area (Å²) in [6, 6.07) is 22.5. The Morgan fingerprint density at radius 2 is 1.71 bits per heavy atom. The quantitative estimate of drug-likeness (QED) is 0.602. The number of amides is 2. The molecule has 0 aliphatic carbocycles. The minimum atomic E-state index is -0.180. The summed E-state index contributed by atoms with van der Waals surface area (Å²) in [4.78, 5) is 27.0. The van der Waals surface area contributed by atoms with Gasteiger partial charge in [0.2, 0.25) is 5.91 Å². The van der Waals surface area contributed by atoms with Gasteiger partial charge in [-0.3, -0.25) is 9.59 Å². The van der Waals surface area contributed by atoms with E-state index in [1.165, 1.54) is 5.56 Å². The Bertz CT molecular complexity index is 1080. The third kappa shape index (κ3) is 4.69. The molecular formula is C25H25N3O3. The van der Waals surface area contributed by atoms with Crippen molar-refractivity contribution in [3.63, 3.8) is 0 Å². The molecule has 1 heterocycles. The Morgan fingerprint density at radius 1 is 0.968 bits per heavy atom. The third-order valence-electron chi connectivity index (χ3n) is 5.18. The van der Waals surface area contributed by atoms with E-state index >= 15 is 0 Å². The van der Waals surface area contributed by atoms with Crippen molar-refractivity contribution >= 4 is 28.9 Å². The van der Waals surface area contributed by atoms with Gasteiger partial charge in [0, 0.05) is 23.5 Å². The largest absolute Gasteiger partial charge is 0.492 e. The maximum atomic E-state index is 12.9. The smallest absolute Gasteiger partial charge is 0.258 e. The average Bonchev–Trinajstić information content (AvgIpc) is 3.23. The third-order valence-corrected chi connectivity index (χ3v) is 5.18. The number of rotatable bonds is 7. The molecule has 0 saturated carbocycles. The maximum Gasteiger partial charge on any atom is 0.258 e. The molecule has 0 bridgehead atoms. The number of anilines is 3. The van der Waals surface area contributed by atoms with E-state index in [0.717, 1.165) is 17.8 Å². The lowest BCUT2D eigenvalue weighted by Gasteiger charge is -2.17. The minimum absolute atomic E-state index is 0.0122. The van der Waals surface area contributed by atoms with Gasteiger partial charge in [-0.25, -0.2) is 0 Å². The molecule has 31 heavy (non-hydrogen) atoms. The first kappa shape index (κ1) is 20.5. The van der Waals surface area contributed by atoms with Crippen molar-refractivity contribution in [2.24, 2.45) is 0 Å². The number of ether oxygens (including phenoxy) is 1. The molecule has 1 aliphatic heterocycles. The van der Waals surface area contributed by atoms with Crippen LogP contribution in [0.25, 0.3) is 0 Å². The number of fused-ring (bicyclic) bond motifs is 1. The number of nitrogens with one attached hydrogen (secondary N) is 2. The van der Waals surface area contributed by atoms with Gasteiger partial charge in [-0.2, -0.15) is 0 Å². The summed E-state index contributed by atoms with van der Waals surface area (Å²) >= 11 is 0. The number of para-hydroxylation sites is 3. The first-order valence-electron chi connectivity index (χ1n) is 10.4. The number of carbonyl (C=O) groups is 2. The van der Waals surface area contributed by atoms with E-state index in [4.69, 9.17) is 4.74 Å². The molecule has 1 aliphatic rings. The van der Waals surface area contributed by atoms with E-state index in [2.05, 4.69) is 16.7 Å². The van der Waals surface area contributed by atoms with Crippen LogP contribution in [-0.2, 0) is 11.2 Å². The Labute approximate surface area is 181 Å². The van der Waals surface area contributed by atoms with Crippen molar-refractivity contribution in [1.29, 1.82) is 0 Å². The highest BCUT2D eigenvalue weighted by Gasteiger charge is 2.24.